The zero-order valence-corrected chi connectivity index (χ0v) is 10.6. The summed E-state index contributed by atoms with van der Waals surface area (Å²) in [5.74, 6) is 2.08. The Morgan fingerprint density at radius 2 is 2.00 bits per heavy atom. The summed E-state index contributed by atoms with van der Waals surface area (Å²) >= 11 is 0. The van der Waals surface area contributed by atoms with Crippen molar-refractivity contribution in [1.82, 2.24) is 0 Å². The van der Waals surface area contributed by atoms with E-state index in [9.17, 15) is 4.79 Å². The number of hydrogen-bond donors (Lipinski definition) is 0. The second-order valence-corrected chi connectivity index (χ2v) is 4.63. The highest BCUT2D eigenvalue weighted by atomic mass is 16.5. The normalized spacial score (nSPS) is 19.5. The molecule has 1 aliphatic rings. The van der Waals surface area contributed by atoms with Crippen LogP contribution in [-0.4, -0.2) is 20.0 Å². The highest BCUT2D eigenvalue weighted by Gasteiger charge is 2.23. The van der Waals surface area contributed by atoms with Gasteiger partial charge in [-0.05, 0) is 24.8 Å². The number of ether oxygens (including phenoxy) is 2. The van der Waals surface area contributed by atoms with E-state index in [0.717, 1.165) is 29.7 Å². The third-order valence-electron chi connectivity index (χ3n) is 3.36. The molecule has 92 valence electrons. The molecule has 0 bridgehead atoms. The number of fused-ring (bicyclic) bond motifs is 1. The monoisotopic (exact) mass is 234 g/mol. The second-order valence-electron chi connectivity index (χ2n) is 4.63. The van der Waals surface area contributed by atoms with Crippen LogP contribution in [-0.2, 0) is 6.42 Å². The average molecular weight is 234 g/mol. The van der Waals surface area contributed by atoms with Crippen LogP contribution < -0.4 is 9.47 Å². The van der Waals surface area contributed by atoms with E-state index in [1.165, 1.54) is 0 Å². The van der Waals surface area contributed by atoms with Crippen LogP contribution in [0.1, 0.15) is 35.7 Å². The van der Waals surface area contributed by atoms with Gasteiger partial charge in [0.1, 0.15) is 11.5 Å². The summed E-state index contributed by atoms with van der Waals surface area (Å²) in [5, 5.41) is 0. The van der Waals surface area contributed by atoms with Crippen molar-refractivity contribution in [2.75, 3.05) is 14.2 Å². The summed E-state index contributed by atoms with van der Waals surface area (Å²) in [5.41, 5.74) is 1.80. The minimum Gasteiger partial charge on any atom is -0.497 e. The van der Waals surface area contributed by atoms with Crippen molar-refractivity contribution in [1.29, 1.82) is 0 Å². The van der Waals surface area contributed by atoms with Crippen LogP contribution in [0.2, 0.25) is 0 Å². The maximum absolute atomic E-state index is 12.1. The molecule has 0 amide bonds. The Labute approximate surface area is 102 Å². The molecule has 3 heteroatoms. The Hall–Kier alpha value is -1.51. The Morgan fingerprint density at radius 3 is 2.65 bits per heavy atom. The third-order valence-corrected chi connectivity index (χ3v) is 3.36. The van der Waals surface area contributed by atoms with E-state index in [1.807, 2.05) is 12.1 Å². The van der Waals surface area contributed by atoms with Crippen LogP contribution in [0.4, 0.5) is 0 Å². The number of hydrogen-bond acceptors (Lipinski definition) is 3. The Bertz CT molecular complexity index is 437. The highest BCUT2D eigenvalue weighted by molar-refractivity contribution is 5.99. The molecular formula is C14H18O3. The fourth-order valence-corrected chi connectivity index (χ4v) is 2.35. The van der Waals surface area contributed by atoms with Crippen molar-refractivity contribution in [3.05, 3.63) is 23.3 Å². The van der Waals surface area contributed by atoms with Gasteiger partial charge in [0, 0.05) is 23.6 Å². The first kappa shape index (κ1) is 12.0. The van der Waals surface area contributed by atoms with Gasteiger partial charge in [0.2, 0.25) is 0 Å². The first-order valence-corrected chi connectivity index (χ1v) is 5.93. The molecule has 0 N–H and O–H groups in total. The lowest BCUT2D eigenvalue weighted by Gasteiger charge is -2.12. The zero-order chi connectivity index (χ0) is 12.4. The topological polar surface area (TPSA) is 35.5 Å². The number of rotatable bonds is 2. The van der Waals surface area contributed by atoms with Gasteiger partial charge in [0.05, 0.1) is 14.2 Å². The molecule has 3 nitrogen and oxygen atoms in total. The van der Waals surface area contributed by atoms with Gasteiger partial charge in [0.15, 0.2) is 5.78 Å². The second kappa shape index (κ2) is 4.78. The van der Waals surface area contributed by atoms with Crippen LogP contribution in [0.5, 0.6) is 11.5 Å². The molecule has 0 heterocycles. The van der Waals surface area contributed by atoms with Crippen molar-refractivity contribution in [3.63, 3.8) is 0 Å². The van der Waals surface area contributed by atoms with Gasteiger partial charge in [-0.1, -0.05) is 6.92 Å². The molecule has 0 saturated heterocycles. The number of carbonyl (C=O) groups is 1. The fourth-order valence-electron chi connectivity index (χ4n) is 2.35. The first-order chi connectivity index (χ1) is 8.15. The molecule has 0 saturated carbocycles. The Balaban J connectivity index is 2.53. The molecular weight excluding hydrogens is 216 g/mol. The van der Waals surface area contributed by atoms with Crippen LogP contribution >= 0.6 is 0 Å². The van der Waals surface area contributed by atoms with E-state index in [4.69, 9.17) is 9.47 Å². The number of ketones is 1. The molecule has 2 rings (SSSR count). The van der Waals surface area contributed by atoms with E-state index < -0.39 is 0 Å². The summed E-state index contributed by atoms with van der Waals surface area (Å²) in [6.07, 6.45) is 2.54. The van der Waals surface area contributed by atoms with Crippen LogP contribution in [0, 0.1) is 5.92 Å². The van der Waals surface area contributed by atoms with Gasteiger partial charge >= 0.3 is 0 Å². The van der Waals surface area contributed by atoms with Crippen molar-refractivity contribution in [2.45, 2.75) is 26.2 Å². The number of carbonyl (C=O) groups excluding carboxylic acids is 1. The van der Waals surface area contributed by atoms with Crippen LogP contribution in [0.25, 0.3) is 0 Å². The maximum atomic E-state index is 12.1. The number of Topliss-reactive ketones (excluding diaryl/α,β-unsaturated/α-hetero) is 1. The Kier molecular flexibility index (Phi) is 3.36. The molecule has 0 aliphatic heterocycles. The van der Waals surface area contributed by atoms with Crippen molar-refractivity contribution < 1.29 is 14.3 Å². The molecule has 0 aromatic heterocycles. The molecule has 17 heavy (non-hydrogen) atoms. The lowest BCUT2D eigenvalue weighted by atomic mass is 10.0. The lowest BCUT2D eigenvalue weighted by Crippen LogP contribution is -2.04. The minimum absolute atomic E-state index is 0.196. The molecule has 0 radical (unpaired) electrons. The largest absolute Gasteiger partial charge is 0.497 e. The molecule has 1 aromatic rings. The summed E-state index contributed by atoms with van der Waals surface area (Å²) in [6.45, 7) is 2.12. The molecule has 0 spiro atoms. The van der Waals surface area contributed by atoms with Gasteiger partial charge in [-0.25, -0.2) is 0 Å². The van der Waals surface area contributed by atoms with Gasteiger partial charge in [-0.2, -0.15) is 0 Å². The Morgan fingerprint density at radius 1 is 1.24 bits per heavy atom. The van der Waals surface area contributed by atoms with E-state index in [-0.39, 0.29) is 5.78 Å². The number of methoxy groups -OCH3 is 2. The van der Waals surface area contributed by atoms with E-state index in [2.05, 4.69) is 6.92 Å². The smallest absolute Gasteiger partial charge is 0.163 e. The van der Waals surface area contributed by atoms with E-state index in [0.29, 0.717) is 18.1 Å². The molecule has 1 atom stereocenters. The van der Waals surface area contributed by atoms with Gasteiger partial charge < -0.3 is 9.47 Å². The standard InChI is InChI=1S/C14H18O3/c1-9-4-5-11-12(13(15)6-9)7-10(16-2)8-14(11)17-3/h7-9H,4-6H2,1-3H3. The predicted octanol–water partition coefficient (Wildman–Crippen LogP) is 2.86. The van der Waals surface area contributed by atoms with E-state index >= 15 is 0 Å². The molecule has 1 aliphatic carbocycles. The summed E-state index contributed by atoms with van der Waals surface area (Å²) in [6, 6.07) is 3.68. The van der Waals surface area contributed by atoms with Crippen molar-refractivity contribution in [2.24, 2.45) is 5.92 Å². The molecule has 1 unspecified atom stereocenters. The van der Waals surface area contributed by atoms with Crippen LogP contribution in [0.3, 0.4) is 0 Å². The van der Waals surface area contributed by atoms with Gasteiger partial charge in [-0.3, -0.25) is 4.79 Å². The quantitative estimate of drug-likeness (QED) is 0.738. The molecule has 1 aromatic carbocycles. The lowest BCUT2D eigenvalue weighted by molar-refractivity contribution is 0.0966. The minimum atomic E-state index is 0.196. The third kappa shape index (κ3) is 2.28. The summed E-state index contributed by atoms with van der Waals surface area (Å²) < 4.78 is 10.6. The van der Waals surface area contributed by atoms with Crippen LogP contribution in [0.15, 0.2) is 12.1 Å². The van der Waals surface area contributed by atoms with Gasteiger partial charge in [0.25, 0.3) is 0 Å². The van der Waals surface area contributed by atoms with Crippen molar-refractivity contribution in [3.8, 4) is 11.5 Å². The fraction of sp³-hybridized carbons (Fsp3) is 0.500. The number of benzene rings is 1. The van der Waals surface area contributed by atoms with Crippen molar-refractivity contribution >= 4 is 5.78 Å². The highest BCUT2D eigenvalue weighted by Crippen LogP contribution is 2.34. The first-order valence-electron chi connectivity index (χ1n) is 5.93. The summed E-state index contributed by atoms with van der Waals surface area (Å²) in [4.78, 5) is 12.1. The maximum Gasteiger partial charge on any atom is 0.163 e. The molecule has 0 fully saturated rings. The zero-order valence-electron chi connectivity index (χ0n) is 10.6. The summed E-state index contributed by atoms with van der Waals surface area (Å²) in [7, 11) is 3.23. The SMILES string of the molecule is COc1cc(OC)c2c(c1)C(=O)CC(C)CC2. The average Bonchev–Trinajstić information content (AvgIpc) is 2.48. The predicted molar refractivity (Wildman–Crippen MR) is 66.0 cm³/mol. The van der Waals surface area contributed by atoms with Gasteiger partial charge in [-0.15, -0.1) is 0 Å². The van der Waals surface area contributed by atoms with E-state index in [1.54, 1.807) is 14.2 Å².